The van der Waals surface area contributed by atoms with E-state index >= 15 is 0 Å². The number of para-hydroxylation sites is 1. The van der Waals surface area contributed by atoms with Crippen molar-refractivity contribution in [1.82, 2.24) is 0 Å². The molecule has 0 saturated heterocycles. The number of nitrogens with one attached hydrogen (secondary N) is 1. The van der Waals surface area contributed by atoms with Crippen LogP contribution in [0.2, 0.25) is 5.02 Å². The summed E-state index contributed by atoms with van der Waals surface area (Å²) in [4.78, 5) is 25.2. The SMILES string of the molecule is CCOC(=O)c1cc(NC(=O)c2ccccc2N(C)S(=O)(=O)c2ccccc2)ccc1Cl. The average Bonchev–Trinajstić information content (AvgIpc) is 2.80. The van der Waals surface area contributed by atoms with Gasteiger partial charge in [0, 0.05) is 12.7 Å². The largest absolute Gasteiger partial charge is 0.462 e. The summed E-state index contributed by atoms with van der Waals surface area (Å²) in [5.41, 5.74) is 0.768. The molecule has 0 atom stereocenters. The van der Waals surface area contributed by atoms with Crippen molar-refractivity contribution in [2.75, 3.05) is 23.3 Å². The highest BCUT2D eigenvalue weighted by Gasteiger charge is 2.25. The van der Waals surface area contributed by atoms with Gasteiger partial charge in [-0.15, -0.1) is 0 Å². The molecule has 0 bridgehead atoms. The topological polar surface area (TPSA) is 92.8 Å². The van der Waals surface area contributed by atoms with E-state index in [1.807, 2.05) is 0 Å². The molecule has 0 unspecified atom stereocenters. The van der Waals surface area contributed by atoms with Crippen LogP contribution in [0, 0.1) is 0 Å². The van der Waals surface area contributed by atoms with Gasteiger partial charge in [-0.25, -0.2) is 13.2 Å². The first-order chi connectivity index (χ1) is 15.3. The van der Waals surface area contributed by atoms with Crippen LogP contribution in [0.1, 0.15) is 27.6 Å². The summed E-state index contributed by atoms with van der Waals surface area (Å²) < 4.78 is 32.1. The first-order valence-electron chi connectivity index (χ1n) is 9.66. The van der Waals surface area contributed by atoms with E-state index in [4.69, 9.17) is 16.3 Å². The molecule has 0 heterocycles. The Morgan fingerprint density at radius 3 is 2.31 bits per heavy atom. The zero-order valence-electron chi connectivity index (χ0n) is 17.4. The fourth-order valence-corrected chi connectivity index (χ4v) is 4.42. The molecule has 0 spiro atoms. The number of carbonyl (C=O) groups excluding carboxylic acids is 2. The van der Waals surface area contributed by atoms with Crippen molar-refractivity contribution in [2.24, 2.45) is 0 Å². The fraction of sp³-hybridized carbons (Fsp3) is 0.130. The molecule has 7 nitrogen and oxygen atoms in total. The maximum Gasteiger partial charge on any atom is 0.339 e. The number of amides is 1. The third-order valence-corrected chi connectivity index (χ3v) is 6.72. The summed E-state index contributed by atoms with van der Waals surface area (Å²) in [6.07, 6.45) is 0. The van der Waals surface area contributed by atoms with Gasteiger partial charge in [0.2, 0.25) is 0 Å². The molecule has 0 saturated carbocycles. The zero-order valence-corrected chi connectivity index (χ0v) is 19.0. The van der Waals surface area contributed by atoms with E-state index in [9.17, 15) is 18.0 Å². The predicted octanol–water partition coefficient (Wildman–Crippen LogP) is 4.59. The first kappa shape index (κ1) is 23.3. The lowest BCUT2D eigenvalue weighted by Crippen LogP contribution is -2.29. The average molecular weight is 473 g/mol. The molecule has 9 heteroatoms. The van der Waals surface area contributed by atoms with Crippen LogP contribution in [-0.4, -0.2) is 33.9 Å². The highest BCUT2D eigenvalue weighted by atomic mass is 35.5. The summed E-state index contributed by atoms with van der Waals surface area (Å²) >= 11 is 6.07. The van der Waals surface area contributed by atoms with E-state index in [0.717, 1.165) is 4.31 Å². The Kier molecular flexibility index (Phi) is 7.17. The summed E-state index contributed by atoms with van der Waals surface area (Å²) in [6, 6.07) is 18.7. The zero-order chi connectivity index (χ0) is 23.3. The molecule has 0 aliphatic rings. The van der Waals surface area contributed by atoms with Gasteiger partial charge < -0.3 is 10.1 Å². The van der Waals surface area contributed by atoms with E-state index in [0.29, 0.717) is 5.69 Å². The molecular formula is C23H21ClN2O5S. The molecule has 0 radical (unpaired) electrons. The van der Waals surface area contributed by atoms with Crippen LogP contribution in [0.25, 0.3) is 0 Å². The summed E-state index contributed by atoms with van der Waals surface area (Å²) in [7, 11) is -2.49. The summed E-state index contributed by atoms with van der Waals surface area (Å²) in [5, 5.41) is 2.87. The van der Waals surface area contributed by atoms with Crippen LogP contribution in [0.4, 0.5) is 11.4 Å². The van der Waals surface area contributed by atoms with Crippen molar-refractivity contribution in [3.05, 3.63) is 88.9 Å². The Morgan fingerprint density at radius 1 is 0.969 bits per heavy atom. The monoisotopic (exact) mass is 472 g/mol. The number of hydrogen-bond acceptors (Lipinski definition) is 5. The number of rotatable bonds is 7. The minimum Gasteiger partial charge on any atom is -0.462 e. The van der Waals surface area contributed by atoms with Gasteiger partial charge >= 0.3 is 5.97 Å². The minimum atomic E-state index is -3.88. The first-order valence-corrected chi connectivity index (χ1v) is 11.5. The van der Waals surface area contributed by atoms with Crippen molar-refractivity contribution < 1.29 is 22.7 Å². The van der Waals surface area contributed by atoms with Gasteiger partial charge in [-0.3, -0.25) is 9.10 Å². The van der Waals surface area contributed by atoms with Gasteiger partial charge in [0.15, 0.2) is 0 Å². The third-order valence-electron chi connectivity index (χ3n) is 4.61. The molecular weight excluding hydrogens is 452 g/mol. The molecule has 166 valence electrons. The van der Waals surface area contributed by atoms with Crippen molar-refractivity contribution in [3.63, 3.8) is 0 Å². The lowest BCUT2D eigenvalue weighted by atomic mass is 10.1. The maximum absolute atomic E-state index is 13.0. The Balaban J connectivity index is 1.92. The number of anilines is 2. The van der Waals surface area contributed by atoms with Crippen molar-refractivity contribution in [2.45, 2.75) is 11.8 Å². The van der Waals surface area contributed by atoms with E-state index in [1.54, 1.807) is 43.3 Å². The highest BCUT2D eigenvalue weighted by Crippen LogP contribution is 2.27. The van der Waals surface area contributed by atoms with Gasteiger partial charge in [0.1, 0.15) is 0 Å². The van der Waals surface area contributed by atoms with E-state index in [2.05, 4.69) is 5.32 Å². The molecule has 0 aromatic heterocycles. The van der Waals surface area contributed by atoms with Gasteiger partial charge in [-0.05, 0) is 49.4 Å². The molecule has 1 amide bonds. The number of ether oxygens (including phenoxy) is 1. The number of sulfonamides is 1. The van der Waals surface area contributed by atoms with Crippen LogP contribution in [-0.2, 0) is 14.8 Å². The Hall–Kier alpha value is -3.36. The molecule has 3 rings (SSSR count). The molecule has 0 fully saturated rings. The molecule has 32 heavy (non-hydrogen) atoms. The van der Waals surface area contributed by atoms with E-state index < -0.39 is 21.9 Å². The normalized spacial score (nSPS) is 11.0. The number of carbonyl (C=O) groups is 2. The lowest BCUT2D eigenvalue weighted by molar-refractivity contribution is 0.0526. The second-order valence-electron chi connectivity index (χ2n) is 6.67. The maximum atomic E-state index is 13.0. The second kappa shape index (κ2) is 9.84. The van der Waals surface area contributed by atoms with Gasteiger partial charge in [-0.2, -0.15) is 0 Å². The van der Waals surface area contributed by atoms with Crippen LogP contribution in [0.15, 0.2) is 77.7 Å². The highest BCUT2D eigenvalue weighted by molar-refractivity contribution is 7.92. The van der Waals surface area contributed by atoms with Crippen molar-refractivity contribution in [3.8, 4) is 0 Å². The standard InChI is InChI=1S/C23H21ClN2O5S/c1-3-31-23(28)19-15-16(13-14-20(19)24)25-22(27)18-11-7-8-12-21(18)26(2)32(29,30)17-9-5-4-6-10-17/h4-15H,3H2,1-2H3,(H,25,27). The van der Waals surface area contributed by atoms with Crippen LogP contribution in [0.5, 0.6) is 0 Å². The lowest BCUT2D eigenvalue weighted by Gasteiger charge is -2.22. The molecule has 3 aromatic carbocycles. The predicted molar refractivity (Wildman–Crippen MR) is 124 cm³/mol. The number of nitrogens with zero attached hydrogens (tertiary/aromatic N) is 1. The minimum absolute atomic E-state index is 0.106. The molecule has 1 N–H and O–H groups in total. The number of esters is 1. The van der Waals surface area contributed by atoms with Gasteiger partial charge in [0.25, 0.3) is 15.9 Å². The molecule has 0 aliphatic heterocycles. The Morgan fingerprint density at radius 2 is 1.62 bits per heavy atom. The third kappa shape index (κ3) is 4.92. The smallest absolute Gasteiger partial charge is 0.339 e. The van der Waals surface area contributed by atoms with Crippen LogP contribution >= 0.6 is 11.6 Å². The molecule has 0 aliphatic carbocycles. The second-order valence-corrected chi connectivity index (χ2v) is 9.05. The van der Waals surface area contributed by atoms with E-state index in [1.165, 1.54) is 43.4 Å². The fourth-order valence-electron chi connectivity index (χ4n) is 2.99. The van der Waals surface area contributed by atoms with E-state index in [-0.39, 0.29) is 33.3 Å². The number of halogens is 1. The quantitative estimate of drug-likeness (QED) is 0.507. The number of hydrogen-bond donors (Lipinski definition) is 1. The molecule has 3 aromatic rings. The Labute approximate surface area is 191 Å². The van der Waals surface area contributed by atoms with Crippen LogP contribution < -0.4 is 9.62 Å². The number of benzene rings is 3. The van der Waals surface area contributed by atoms with Gasteiger partial charge in [0.05, 0.1) is 33.3 Å². The Bertz CT molecular complexity index is 1250. The van der Waals surface area contributed by atoms with Crippen LogP contribution in [0.3, 0.4) is 0 Å². The summed E-state index contributed by atoms with van der Waals surface area (Å²) in [6.45, 7) is 1.86. The van der Waals surface area contributed by atoms with Gasteiger partial charge in [-0.1, -0.05) is 41.9 Å². The van der Waals surface area contributed by atoms with Crippen molar-refractivity contribution in [1.29, 1.82) is 0 Å². The summed E-state index contributed by atoms with van der Waals surface area (Å²) in [5.74, 6) is -1.16. The van der Waals surface area contributed by atoms with Crippen molar-refractivity contribution >= 4 is 44.9 Å².